The second-order valence-electron chi connectivity index (χ2n) is 6.98. The third kappa shape index (κ3) is 3.39. The molecule has 29 heavy (non-hydrogen) atoms. The summed E-state index contributed by atoms with van der Waals surface area (Å²) in [6.45, 7) is 8.09. The van der Waals surface area contributed by atoms with Crippen LogP contribution in [0.5, 0.6) is 5.88 Å². The summed E-state index contributed by atoms with van der Waals surface area (Å²) < 4.78 is 15.0. The molecule has 0 spiro atoms. The van der Waals surface area contributed by atoms with E-state index in [2.05, 4.69) is 22.0 Å². The zero-order valence-corrected chi connectivity index (χ0v) is 17.1. The van der Waals surface area contributed by atoms with E-state index in [-0.39, 0.29) is 12.2 Å². The van der Waals surface area contributed by atoms with Crippen molar-refractivity contribution < 1.29 is 14.3 Å². The van der Waals surface area contributed by atoms with Gasteiger partial charge in [0.25, 0.3) is 0 Å². The lowest BCUT2D eigenvalue weighted by atomic mass is 10.2. The number of aryl methyl sites for hydroxylation is 2. The molecule has 0 saturated carbocycles. The standard InChI is InChI=1S/C19H25N7O3/c1-5-26-12(3)14(9-22-26)16-23-15-17(24(16)4)20-11-21-18(15)29-13-7-8-25(10-13)19(27)28-6-2/h9,11,13H,5-8,10H2,1-4H3. The summed E-state index contributed by atoms with van der Waals surface area (Å²) in [6.07, 6.45) is 3.54. The van der Waals surface area contributed by atoms with Crippen LogP contribution in [0.25, 0.3) is 22.6 Å². The highest BCUT2D eigenvalue weighted by atomic mass is 16.6. The second-order valence-corrected chi connectivity index (χ2v) is 6.98. The minimum absolute atomic E-state index is 0.160. The topological polar surface area (TPSA) is 100 Å². The lowest BCUT2D eigenvalue weighted by molar-refractivity contribution is 0.109. The van der Waals surface area contributed by atoms with Crippen molar-refractivity contribution in [1.29, 1.82) is 0 Å². The van der Waals surface area contributed by atoms with Gasteiger partial charge in [-0.1, -0.05) is 0 Å². The van der Waals surface area contributed by atoms with E-state index in [1.807, 2.05) is 29.4 Å². The van der Waals surface area contributed by atoms with Crippen molar-refractivity contribution in [3.63, 3.8) is 0 Å². The maximum absolute atomic E-state index is 11.9. The van der Waals surface area contributed by atoms with Gasteiger partial charge < -0.3 is 18.9 Å². The van der Waals surface area contributed by atoms with Crippen molar-refractivity contribution in [3.8, 4) is 17.3 Å². The maximum atomic E-state index is 11.9. The van der Waals surface area contributed by atoms with Gasteiger partial charge in [0.1, 0.15) is 18.3 Å². The Bertz CT molecular complexity index is 1040. The number of hydrogen-bond acceptors (Lipinski definition) is 7. The molecular weight excluding hydrogens is 374 g/mol. The molecule has 1 amide bonds. The Morgan fingerprint density at radius 2 is 2.14 bits per heavy atom. The average Bonchev–Trinajstić information content (AvgIpc) is 3.41. The van der Waals surface area contributed by atoms with Crippen LogP contribution in [0.1, 0.15) is 26.0 Å². The number of amides is 1. The van der Waals surface area contributed by atoms with Gasteiger partial charge in [-0.15, -0.1) is 0 Å². The van der Waals surface area contributed by atoms with Crippen LogP contribution in [0.4, 0.5) is 4.79 Å². The molecule has 1 fully saturated rings. The molecule has 1 aliphatic heterocycles. The normalized spacial score (nSPS) is 16.6. The number of hydrogen-bond donors (Lipinski definition) is 0. The smallest absolute Gasteiger partial charge is 0.409 e. The van der Waals surface area contributed by atoms with Gasteiger partial charge in [0, 0.05) is 32.3 Å². The van der Waals surface area contributed by atoms with Crippen LogP contribution >= 0.6 is 0 Å². The molecule has 1 aliphatic rings. The SMILES string of the molecule is CCOC(=O)N1CCC(Oc2ncnc3c2nc(-c2cnn(CC)c2C)n3C)C1. The number of carbonyl (C=O) groups excluding carboxylic acids is 1. The summed E-state index contributed by atoms with van der Waals surface area (Å²) in [6, 6.07) is 0. The molecule has 3 aromatic rings. The minimum atomic E-state index is -0.310. The number of nitrogens with zero attached hydrogens (tertiary/aromatic N) is 7. The predicted molar refractivity (Wildman–Crippen MR) is 106 cm³/mol. The van der Waals surface area contributed by atoms with Gasteiger partial charge in [-0.2, -0.15) is 10.1 Å². The number of rotatable bonds is 5. The van der Waals surface area contributed by atoms with E-state index in [9.17, 15) is 4.79 Å². The van der Waals surface area contributed by atoms with Crippen LogP contribution in [0, 0.1) is 6.92 Å². The Kier molecular flexibility index (Phi) is 5.08. The van der Waals surface area contributed by atoms with E-state index in [4.69, 9.17) is 14.5 Å². The Morgan fingerprint density at radius 1 is 1.31 bits per heavy atom. The summed E-state index contributed by atoms with van der Waals surface area (Å²) in [5.74, 6) is 1.19. The number of carbonyl (C=O) groups is 1. The highest BCUT2D eigenvalue weighted by Crippen LogP contribution is 2.29. The maximum Gasteiger partial charge on any atom is 0.409 e. The Morgan fingerprint density at radius 3 is 2.86 bits per heavy atom. The van der Waals surface area contributed by atoms with Gasteiger partial charge >= 0.3 is 6.09 Å². The Labute approximate surface area is 168 Å². The summed E-state index contributed by atoms with van der Waals surface area (Å²) in [4.78, 5) is 27.0. The molecule has 4 rings (SSSR count). The van der Waals surface area contributed by atoms with Gasteiger partial charge in [0.15, 0.2) is 11.2 Å². The van der Waals surface area contributed by atoms with Crippen LogP contribution in [0.2, 0.25) is 0 Å². The molecule has 0 radical (unpaired) electrons. The van der Waals surface area contributed by atoms with Crippen molar-refractivity contribution in [3.05, 3.63) is 18.2 Å². The Hall–Kier alpha value is -3.17. The summed E-state index contributed by atoms with van der Waals surface area (Å²) >= 11 is 0. The second kappa shape index (κ2) is 7.69. The highest BCUT2D eigenvalue weighted by Gasteiger charge is 2.30. The number of aromatic nitrogens is 6. The molecule has 1 unspecified atom stereocenters. The van der Waals surface area contributed by atoms with Crippen molar-refractivity contribution in [2.24, 2.45) is 7.05 Å². The highest BCUT2D eigenvalue weighted by molar-refractivity contribution is 5.81. The zero-order chi connectivity index (χ0) is 20.5. The molecule has 0 aliphatic carbocycles. The van der Waals surface area contributed by atoms with E-state index in [0.717, 1.165) is 23.6 Å². The van der Waals surface area contributed by atoms with E-state index in [1.165, 1.54) is 6.33 Å². The van der Waals surface area contributed by atoms with Crippen LogP contribution in [-0.4, -0.2) is 66.1 Å². The predicted octanol–water partition coefficient (Wildman–Crippen LogP) is 2.16. The van der Waals surface area contributed by atoms with Gasteiger partial charge in [-0.3, -0.25) is 4.68 Å². The van der Waals surface area contributed by atoms with E-state index in [1.54, 1.807) is 11.8 Å². The fourth-order valence-corrected chi connectivity index (χ4v) is 3.65. The lowest BCUT2D eigenvalue weighted by Gasteiger charge is -2.16. The molecular formula is C19H25N7O3. The van der Waals surface area contributed by atoms with Crippen LogP contribution in [0.3, 0.4) is 0 Å². The van der Waals surface area contributed by atoms with Crippen molar-refractivity contribution in [2.75, 3.05) is 19.7 Å². The van der Waals surface area contributed by atoms with E-state index < -0.39 is 0 Å². The van der Waals surface area contributed by atoms with Gasteiger partial charge in [-0.05, 0) is 20.8 Å². The first-order valence-electron chi connectivity index (χ1n) is 9.82. The molecule has 1 atom stereocenters. The monoisotopic (exact) mass is 399 g/mol. The first-order valence-corrected chi connectivity index (χ1v) is 9.82. The zero-order valence-electron chi connectivity index (χ0n) is 17.1. The largest absolute Gasteiger partial charge is 0.471 e. The van der Waals surface area contributed by atoms with E-state index >= 15 is 0 Å². The number of fused-ring (bicyclic) bond motifs is 1. The molecule has 0 bridgehead atoms. The molecule has 3 aromatic heterocycles. The minimum Gasteiger partial charge on any atom is -0.471 e. The van der Waals surface area contributed by atoms with Gasteiger partial charge in [0.05, 0.1) is 24.9 Å². The average molecular weight is 399 g/mol. The number of ether oxygens (including phenoxy) is 2. The molecule has 0 N–H and O–H groups in total. The fraction of sp³-hybridized carbons (Fsp3) is 0.526. The van der Waals surface area contributed by atoms with E-state index in [0.29, 0.717) is 43.2 Å². The number of imidazole rings is 1. The van der Waals surface area contributed by atoms with Gasteiger partial charge in [-0.25, -0.2) is 14.8 Å². The summed E-state index contributed by atoms with van der Waals surface area (Å²) in [5.41, 5.74) is 3.28. The molecule has 10 nitrogen and oxygen atoms in total. The molecule has 4 heterocycles. The third-order valence-corrected chi connectivity index (χ3v) is 5.22. The fourth-order valence-electron chi connectivity index (χ4n) is 3.65. The molecule has 154 valence electrons. The van der Waals surface area contributed by atoms with Crippen molar-refractivity contribution >= 4 is 17.3 Å². The van der Waals surface area contributed by atoms with Crippen LogP contribution in [0.15, 0.2) is 12.5 Å². The van der Waals surface area contributed by atoms with Crippen molar-refractivity contribution in [1.82, 2.24) is 34.2 Å². The first-order chi connectivity index (χ1) is 14.0. The number of likely N-dealkylation sites (tertiary alicyclic amines) is 1. The van der Waals surface area contributed by atoms with Crippen LogP contribution in [-0.2, 0) is 18.3 Å². The first kappa shape index (κ1) is 19.2. The molecule has 1 saturated heterocycles. The molecule has 10 heteroatoms. The Balaban J connectivity index is 1.62. The third-order valence-electron chi connectivity index (χ3n) is 5.22. The van der Waals surface area contributed by atoms with Gasteiger partial charge in [0.2, 0.25) is 5.88 Å². The van der Waals surface area contributed by atoms with Crippen molar-refractivity contribution in [2.45, 2.75) is 39.8 Å². The summed E-state index contributed by atoms with van der Waals surface area (Å²) in [7, 11) is 1.92. The molecule has 0 aromatic carbocycles. The quantitative estimate of drug-likeness (QED) is 0.648. The summed E-state index contributed by atoms with van der Waals surface area (Å²) in [5, 5.41) is 4.41. The lowest BCUT2D eigenvalue weighted by Crippen LogP contribution is -2.31. The van der Waals surface area contributed by atoms with Crippen LogP contribution < -0.4 is 4.74 Å².